The number of rotatable bonds is 1. The number of hydrogen-bond donors (Lipinski definition) is 0. The summed E-state index contributed by atoms with van der Waals surface area (Å²) in [7, 11) is 0. The second-order valence-corrected chi connectivity index (χ2v) is 7.59. The van der Waals surface area contributed by atoms with Crippen molar-refractivity contribution in [2.75, 3.05) is 0 Å². The van der Waals surface area contributed by atoms with E-state index in [-0.39, 0.29) is 0 Å². The summed E-state index contributed by atoms with van der Waals surface area (Å²) >= 11 is 0. The van der Waals surface area contributed by atoms with Gasteiger partial charge in [0.1, 0.15) is 0 Å². The maximum absolute atomic E-state index is 9.09. The van der Waals surface area contributed by atoms with Gasteiger partial charge < -0.3 is 5.53 Å². The van der Waals surface area contributed by atoms with E-state index in [4.69, 9.17) is 5.53 Å². The van der Waals surface area contributed by atoms with Crippen LogP contribution in [-0.2, 0) is 0 Å². The van der Waals surface area contributed by atoms with Gasteiger partial charge in [-0.2, -0.15) is 4.79 Å². The molecule has 24 heavy (non-hydrogen) atoms. The zero-order valence-electron chi connectivity index (χ0n) is 15.6. The molecule has 0 unspecified atom stereocenters. The molecule has 0 fully saturated rings. The molecule has 2 heteroatoms. The van der Waals surface area contributed by atoms with Gasteiger partial charge in [0.05, 0.1) is 0 Å². The zero-order valence-corrected chi connectivity index (χ0v) is 15.6. The van der Waals surface area contributed by atoms with Gasteiger partial charge in [0.2, 0.25) is 0 Å². The standard InChI is InChI=1S/C22H36N2/c23-24-22-18-11-7-10-16-21(17-12-13-19-22)20-14-8-5-3-1-2-4-6-9-15-20/h14,16H,1-13,15,17-19H2/b20-14+,21-16+. The van der Waals surface area contributed by atoms with Crippen molar-refractivity contribution in [1.29, 1.82) is 0 Å². The minimum absolute atomic E-state index is 0.975. The van der Waals surface area contributed by atoms with Crippen LogP contribution in [0.2, 0.25) is 0 Å². The van der Waals surface area contributed by atoms with E-state index in [1.807, 2.05) is 0 Å². The highest BCUT2D eigenvalue weighted by Crippen LogP contribution is 2.27. The molecule has 134 valence electrons. The van der Waals surface area contributed by atoms with E-state index in [9.17, 15) is 0 Å². The van der Waals surface area contributed by atoms with Crippen LogP contribution < -0.4 is 0 Å². The number of allylic oxidation sites excluding steroid dienone is 4. The molecule has 0 spiro atoms. The van der Waals surface area contributed by atoms with Crippen LogP contribution >= 0.6 is 0 Å². The predicted molar refractivity (Wildman–Crippen MR) is 103 cm³/mol. The molecule has 0 bridgehead atoms. The fourth-order valence-corrected chi connectivity index (χ4v) is 4.03. The molecule has 0 saturated carbocycles. The van der Waals surface area contributed by atoms with Gasteiger partial charge in [0.25, 0.3) is 5.71 Å². The summed E-state index contributed by atoms with van der Waals surface area (Å²) < 4.78 is 0. The molecule has 0 saturated heterocycles. The Morgan fingerprint density at radius 2 is 0.958 bits per heavy atom. The van der Waals surface area contributed by atoms with Gasteiger partial charge in [-0.05, 0) is 75.4 Å². The number of nitrogens with zero attached hydrogens (tertiary/aromatic N) is 2. The van der Waals surface area contributed by atoms with E-state index >= 15 is 0 Å². The van der Waals surface area contributed by atoms with Crippen molar-refractivity contribution in [2.24, 2.45) is 0 Å². The lowest BCUT2D eigenvalue weighted by molar-refractivity contribution is -0.0117. The molecule has 0 N–H and O–H groups in total. The summed E-state index contributed by atoms with van der Waals surface area (Å²) in [6.45, 7) is 0. The molecule has 0 atom stereocenters. The summed E-state index contributed by atoms with van der Waals surface area (Å²) in [6, 6.07) is 0. The molecule has 2 rings (SSSR count). The van der Waals surface area contributed by atoms with Crippen molar-refractivity contribution in [3.05, 3.63) is 28.8 Å². The van der Waals surface area contributed by atoms with E-state index in [0.717, 1.165) is 31.4 Å². The number of hydrogen-bond acceptors (Lipinski definition) is 0. The predicted octanol–water partition coefficient (Wildman–Crippen LogP) is 7.17. The van der Waals surface area contributed by atoms with Gasteiger partial charge in [0.15, 0.2) is 0 Å². The summed E-state index contributed by atoms with van der Waals surface area (Å²) in [5.41, 5.74) is 13.4. The van der Waals surface area contributed by atoms with Crippen molar-refractivity contribution >= 4 is 5.71 Å². The molecular weight excluding hydrogens is 292 g/mol. The normalized spacial score (nSPS) is 27.4. The summed E-state index contributed by atoms with van der Waals surface area (Å²) in [5.74, 6) is 0. The van der Waals surface area contributed by atoms with Gasteiger partial charge in [-0.1, -0.05) is 44.3 Å². The van der Waals surface area contributed by atoms with Crippen LogP contribution in [0.4, 0.5) is 0 Å². The fraction of sp³-hybridized carbons (Fsp3) is 0.773. The smallest absolute Gasteiger partial charge is 0.268 e. The topological polar surface area (TPSA) is 36.4 Å². The SMILES string of the molecule is [N-]=[N+]=C1CCCC/C=C(/C2=C/CCCCCCCCC2)CCCC1. The minimum atomic E-state index is 0.975. The Bertz CT molecular complexity index is 466. The maximum Gasteiger partial charge on any atom is 0.268 e. The van der Waals surface area contributed by atoms with Crippen LogP contribution in [0.25, 0.3) is 5.53 Å². The first-order chi connectivity index (χ1) is 11.9. The molecule has 0 aliphatic heterocycles. The molecule has 2 nitrogen and oxygen atoms in total. The van der Waals surface area contributed by atoms with Crippen molar-refractivity contribution in [1.82, 2.24) is 0 Å². The van der Waals surface area contributed by atoms with Crippen LogP contribution in [-0.4, -0.2) is 10.5 Å². The van der Waals surface area contributed by atoms with E-state index in [2.05, 4.69) is 16.9 Å². The molecule has 2 aliphatic rings. The molecule has 0 aromatic carbocycles. The average molecular weight is 329 g/mol. The van der Waals surface area contributed by atoms with Crippen LogP contribution in [0.1, 0.15) is 109 Å². The maximum atomic E-state index is 9.09. The highest BCUT2D eigenvalue weighted by atomic mass is 14.9. The Morgan fingerprint density at radius 3 is 1.58 bits per heavy atom. The Balaban J connectivity index is 1.99. The van der Waals surface area contributed by atoms with E-state index < -0.39 is 0 Å². The molecule has 0 heterocycles. The van der Waals surface area contributed by atoms with Crippen LogP contribution in [0.3, 0.4) is 0 Å². The summed E-state index contributed by atoms with van der Waals surface area (Å²) in [5, 5.41) is 0. The average Bonchev–Trinajstić information content (AvgIpc) is 2.70. The van der Waals surface area contributed by atoms with E-state index in [0.29, 0.717) is 0 Å². The second kappa shape index (κ2) is 12.3. The monoisotopic (exact) mass is 328 g/mol. The largest absolute Gasteiger partial charge is 0.362 e. The second-order valence-electron chi connectivity index (χ2n) is 7.59. The molecule has 0 aromatic heterocycles. The third-order valence-electron chi connectivity index (χ3n) is 5.57. The highest BCUT2D eigenvalue weighted by Gasteiger charge is 2.11. The fourth-order valence-electron chi connectivity index (χ4n) is 4.03. The zero-order chi connectivity index (χ0) is 16.9. The Kier molecular flexibility index (Phi) is 9.80. The van der Waals surface area contributed by atoms with Crippen molar-refractivity contribution in [3.8, 4) is 0 Å². The minimum Gasteiger partial charge on any atom is -0.362 e. The van der Waals surface area contributed by atoms with E-state index in [1.165, 1.54) is 83.5 Å². The van der Waals surface area contributed by atoms with Crippen molar-refractivity contribution in [3.63, 3.8) is 0 Å². The van der Waals surface area contributed by atoms with Crippen molar-refractivity contribution < 1.29 is 4.79 Å². The third-order valence-corrected chi connectivity index (χ3v) is 5.57. The molecule has 0 aromatic rings. The van der Waals surface area contributed by atoms with Gasteiger partial charge in [-0.15, -0.1) is 0 Å². The Hall–Kier alpha value is -1.14. The molecular formula is C22H36N2. The lowest BCUT2D eigenvalue weighted by atomic mass is 9.93. The molecule has 2 aliphatic carbocycles. The first-order valence-corrected chi connectivity index (χ1v) is 10.5. The van der Waals surface area contributed by atoms with Crippen LogP contribution in [0.5, 0.6) is 0 Å². The molecule has 0 radical (unpaired) electrons. The summed E-state index contributed by atoms with van der Waals surface area (Å²) in [4.78, 5) is 3.50. The summed E-state index contributed by atoms with van der Waals surface area (Å²) in [6.07, 6.45) is 26.6. The van der Waals surface area contributed by atoms with Gasteiger partial charge in [0, 0.05) is 12.8 Å². The first-order valence-electron chi connectivity index (χ1n) is 10.5. The Morgan fingerprint density at radius 1 is 0.542 bits per heavy atom. The Labute approximate surface area is 149 Å². The quantitative estimate of drug-likeness (QED) is 0.361. The highest BCUT2D eigenvalue weighted by molar-refractivity contribution is 5.78. The van der Waals surface area contributed by atoms with Crippen molar-refractivity contribution in [2.45, 2.75) is 109 Å². The lowest BCUT2D eigenvalue weighted by Gasteiger charge is -2.13. The van der Waals surface area contributed by atoms with Crippen LogP contribution in [0.15, 0.2) is 23.3 Å². The van der Waals surface area contributed by atoms with Gasteiger partial charge in [-0.25, -0.2) is 0 Å². The molecule has 0 amide bonds. The van der Waals surface area contributed by atoms with Gasteiger partial charge in [-0.3, -0.25) is 0 Å². The van der Waals surface area contributed by atoms with E-state index in [1.54, 1.807) is 11.1 Å². The first kappa shape index (κ1) is 19.2. The van der Waals surface area contributed by atoms with Crippen LogP contribution in [0, 0.1) is 0 Å². The third kappa shape index (κ3) is 7.62. The lowest BCUT2D eigenvalue weighted by Crippen LogP contribution is -1.99. The van der Waals surface area contributed by atoms with Gasteiger partial charge >= 0.3 is 0 Å².